The van der Waals surface area contributed by atoms with E-state index in [4.69, 9.17) is 0 Å². The number of benzene rings is 1. The number of ether oxygens (including phenoxy) is 1. The van der Waals surface area contributed by atoms with Gasteiger partial charge in [-0.1, -0.05) is 0 Å². The molecule has 0 saturated carbocycles. The number of carbonyl (C=O) groups excluding carboxylic acids is 1. The highest BCUT2D eigenvalue weighted by atomic mass is 19.1. The maximum Gasteiger partial charge on any atom is 0.338 e. The molecule has 0 atom stereocenters. The maximum atomic E-state index is 13.2. The topological polar surface area (TPSA) is 69.4 Å². The Hall–Kier alpha value is -1.98. The summed E-state index contributed by atoms with van der Waals surface area (Å²) in [5.41, 5.74) is -0.331. The van der Waals surface area contributed by atoms with Crippen LogP contribution in [0.25, 0.3) is 0 Å². The van der Waals surface area contributed by atoms with Crippen molar-refractivity contribution >= 4 is 11.7 Å². The number of carbonyl (C=O) groups is 1. The van der Waals surface area contributed by atoms with Gasteiger partial charge in [0.1, 0.15) is 0 Å². The summed E-state index contributed by atoms with van der Waals surface area (Å²) < 4.78 is 17.9. The van der Waals surface area contributed by atoms with E-state index in [1.54, 1.807) is 6.92 Å². The second-order valence-corrected chi connectivity index (χ2v) is 3.10. The van der Waals surface area contributed by atoms with Gasteiger partial charge in [-0.25, -0.2) is 4.79 Å². The summed E-state index contributed by atoms with van der Waals surface area (Å²) >= 11 is 0. The molecule has 86 valence electrons. The predicted octanol–water partition coefficient (Wildman–Crippen LogP) is 2.22. The Morgan fingerprint density at radius 2 is 2.19 bits per heavy atom. The van der Waals surface area contributed by atoms with Crippen molar-refractivity contribution in [2.24, 2.45) is 0 Å². The van der Waals surface area contributed by atoms with Gasteiger partial charge < -0.3 is 4.74 Å². The predicted molar refractivity (Wildman–Crippen MR) is 53.7 cm³/mol. The zero-order valence-electron chi connectivity index (χ0n) is 8.82. The Bertz CT molecular complexity index is 445. The number of aryl methyl sites for hydroxylation is 1. The van der Waals surface area contributed by atoms with E-state index >= 15 is 0 Å². The Kier molecular flexibility index (Phi) is 3.55. The van der Waals surface area contributed by atoms with Crippen LogP contribution in [0.2, 0.25) is 0 Å². The van der Waals surface area contributed by atoms with Crippen molar-refractivity contribution in [1.29, 1.82) is 0 Å². The molecule has 0 heterocycles. The fourth-order valence-corrected chi connectivity index (χ4v) is 1.23. The normalized spacial score (nSPS) is 9.94. The van der Waals surface area contributed by atoms with Gasteiger partial charge in [0.15, 0.2) is 0 Å². The molecule has 0 N–H and O–H groups in total. The highest BCUT2D eigenvalue weighted by molar-refractivity contribution is 5.91. The average molecular weight is 227 g/mol. The first-order valence-corrected chi connectivity index (χ1v) is 4.59. The van der Waals surface area contributed by atoms with Gasteiger partial charge in [-0.2, -0.15) is 4.39 Å². The minimum absolute atomic E-state index is 0.00458. The molecule has 0 amide bonds. The van der Waals surface area contributed by atoms with Crippen LogP contribution in [0.15, 0.2) is 12.1 Å². The van der Waals surface area contributed by atoms with Gasteiger partial charge >= 0.3 is 11.7 Å². The van der Waals surface area contributed by atoms with E-state index in [-0.39, 0.29) is 12.2 Å². The molecule has 16 heavy (non-hydrogen) atoms. The van der Waals surface area contributed by atoms with E-state index in [1.807, 2.05) is 0 Å². The fraction of sp³-hybridized carbons (Fsp3) is 0.300. The standard InChI is InChI=1S/C10H10FNO4/c1-3-16-10(13)7-5-8(11)9(12(14)15)4-6(7)2/h4-5H,3H2,1-2H3. The lowest BCUT2D eigenvalue weighted by atomic mass is 10.1. The largest absolute Gasteiger partial charge is 0.462 e. The first-order valence-electron chi connectivity index (χ1n) is 4.59. The smallest absolute Gasteiger partial charge is 0.338 e. The molecule has 1 aromatic rings. The lowest BCUT2D eigenvalue weighted by Crippen LogP contribution is -2.08. The van der Waals surface area contributed by atoms with Crippen molar-refractivity contribution in [2.45, 2.75) is 13.8 Å². The van der Waals surface area contributed by atoms with Crippen molar-refractivity contribution in [1.82, 2.24) is 0 Å². The van der Waals surface area contributed by atoms with E-state index in [1.165, 1.54) is 6.92 Å². The highest BCUT2D eigenvalue weighted by Gasteiger charge is 2.20. The van der Waals surface area contributed by atoms with Crippen LogP contribution in [-0.2, 0) is 4.74 Å². The number of esters is 1. The monoisotopic (exact) mass is 227 g/mol. The van der Waals surface area contributed by atoms with Gasteiger partial charge in [0.2, 0.25) is 5.82 Å². The molecule has 0 spiro atoms. The number of nitrogens with zero attached hydrogens (tertiary/aromatic N) is 1. The average Bonchev–Trinajstić information content (AvgIpc) is 2.20. The van der Waals surface area contributed by atoms with Gasteiger partial charge in [-0.3, -0.25) is 10.1 Å². The second-order valence-electron chi connectivity index (χ2n) is 3.10. The number of halogens is 1. The molecule has 0 saturated heterocycles. The summed E-state index contributed by atoms with van der Waals surface area (Å²) in [5.74, 6) is -1.73. The Morgan fingerprint density at radius 1 is 1.56 bits per heavy atom. The summed E-state index contributed by atoms with van der Waals surface area (Å²) in [6, 6.07) is 1.84. The van der Waals surface area contributed by atoms with Crippen LogP contribution in [0.4, 0.5) is 10.1 Å². The summed E-state index contributed by atoms with van der Waals surface area (Å²) in [6.45, 7) is 3.27. The Morgan fingerprint density at radius 3 is 2.69 bits per heavy atom. The summed E-state index contributed by atoms with van der Waals surface area (Å²) in [5, 5.41) is 10.4. The molecule has 0 aliphatic rings. The number of hydrogen-bond donors (Lipinski definition) is 0. The summed E-state index contributed by atoms with van der Waals surface area (Å²) in [7, 11) is 0. The van der Waals surface area contributed by atoms with Crippen molar-refractivity contribution < 1.29 is 18.8 Å². The van der Waals surface area contributed by atoms with E-state index < -0.39 is 22.4 Å². The molecule has 0 unspecified atom stereocenters. The van der Waals surface area contributed by atoms with Crippen molar-refractivity contribution in [3.8, 4) is 0 Å². The molecule has 0 radical (unpaired) electrons. The van der Waals surface area contributed by atoms with E-state index in [0.717, 1.165) is 12.1 Å². The fourth-order valence-electron chi connectivity index (χ4n) is 1.23. The third kappa shape index (κ3) is 2.33. The number of rotatable bonds is 3. The van der Waals surface area contributed by atoms with Gasteiger partial charge in [-0.05, 0) is 25.5 Å². The lowest BCUT2D eigenvalue weighted by Gasteiger charge is -2.05. The van der Waals surface area contributed by atoms with Crippen LogP contribution >= 0.6 is 0 Å². The van der Waals surface area contributed by atoms with Gasteiger partial charge in [0, 0.05) is 6.07 Å². The highest BCUT2D eigenvalue weighted by Crippen LogP contribution is 2.22. The molecule has 6 heteroatoms. The molecule has 0 bridgehead atoms. The first-order chi connectivity index (χ1) is 7.47. The lowest BCUT2D eigenvalue weighted by molar-refractivity contribution is -0.387. The third-order valence-corrected chi connectivity index (χ3v) is 1.99. The van der Waals surface area contributed by atoms with Crippen LogP contribution < -0.4 is 0 Å². The molecule has 5 nitrogen and oxygen atoms in total. The van der Waals surface area contributed by atoms with Crippen LogP contribution in [-0.4, -0.2) is 17.5 Å². The van der Waals surface area contributed by atoms with Crippen LogP contribution in [0.5, 0.6) is 0 Å². The van der Waals surface area contributed by atoms with Gasteiger partial charge in [0.05, 0.1) is 17.1 Å². The number of nitro groups is 1. The number of nitro benzene ring substituents is 1. The van der Waals surface area contributed by atoms with E-state index in [9.17, 15) is 19.3 Å². The molecule has 0 aliphatic carbocycles. The van der Waals surface area contributed by atoms with Crippen LogP contribution in [0.3, 0.4) is 0 Å². The minimum atomic E-state index is -1.04. The molecule has 1 rings (SSSR count). The van der Waals surface area contributed by atoms with Gasteiger partial charge in [-0.15, -0.1) is 0 Å². The van der Waals surface area contributed by atoms with Crippen LogP contribution in [0.1, 0.15) is 22.8 Å². The minimum Gasteiger partial charge on any atom is -0.462 e. The van der Waals surface area contributed by atoms with Crippen molar-refractivity contribution in [3.63, 3.8) is 0 Å². The van der Waals surface area contributed by atoms with E-state index in [0.29, 0.717) is 5.56 Å². The Balaban J connectivity index is 3.20. The molecular weight excluding hydrogens is 217 g/mol. The zero-order valence-corrected chi connectivity index (χ0v) is 8.82. The SMILES string of the molecule is CCOC(=O)c1cc(F)c([N+](=O)[O-])cc1C. The van der Waals surface area contributed by atoms with Crippen molar-refractivity contribution in [2.75, 3.05) is 6.61 Å². The zero-order chi connectivity index (χ0) is 12.3. The summed E-state index contributed by atoms with van der Waals surface area (Å²) in [4.78, 5) is 20.9. The van der Waals surface area contributed by atoms with Crippen LogP contribution in [0, 0.1) is 22.9 Å². The van der Waals surface area contributed by atoms with Gasteiger partial charge in [0.25, 0.3) is 0 Å². The molecule has 1 aromatic carbocycles. The quantitative estimate of drug-likeness (QED) is 0.451. The first kappa shape index (κ1) is 12.1. The van der Waals surface area contributed by atoms with Crippen molar-refractivity contribution in [3.05, 3.63) is 39.2 Å². The van der Waals surface area contributed by atoms with E-state index in [2.05, 4.69) is 4.74 Å². The number of hydrogen-bond acceptors (Lipinski definition) is 4. The molecular formula is C10H10FNO4. The third-order valence-electron chi connectivity index (χ3n) is 1.99. The molecule has 0 aromatic heterocycles. The second kappa shape index (κ2) is 4.69. The maximum absolute atomic E-state index is 13.2. The Labute approximate surface area is 91.0 Å². The molecule has 0 aliphatic heterocycles. The summed E-state index contributed by atoms with van der Waals surface area (Å²) in [6.07, 6.45) is 0. The molecule has 0 fully saturated rings.